The molecule has 5 heterocycles. The van der Waals surface area contributed by atoms with Crippen LogP contribution in [-0.4, -0.2) is 64.1 Å². The maximum Gasteiger partial charge on any atom is 0.242 e. The van der Waals surface area contributed by atoms with E-state index in [1.54, 1.807) is 45.3 Å². The van der Waals surface area contributed by atoms with Gasteiger partial charge in [0.25, 0.3) is 0 Å². The molecule has 0 unspecified atom stereocenters. The van der Waals surface area contributed by atoms with E-state index >= 15 is 0 Å². The van der Waals surface area contributed by atoms with Crippen molar-refractivity contribution in [3.63, 3.8) is 0 Å². The average Bonchev–Trinajstić information content (AvgIpc) is 3.44. The van der Waals surface area contributed by atoms with Gasteiger partial charge in [-0.05, 0) is 18.3 Å². The Morgan fingerprint density at radius 1 is 0.724 bits per heavy atom. The van der Waals surface area contributed by atoms with Crippen LogP contribution in [0, 0.1) is 4.77 Å². The lowest BCUT2D eigenvalue weighted by atomic mass is 10.5. The quantitative estimate of drug-likeness (QED) is 0.366. The van der Waals surface area contributed by atoms with Crippen LogP contribution < -0.4 is 9.47 Å². The molecule has 0 radical (unpaired) electrons. The molecule has 148 valence electrons. The maximum absolute atomic E-state index is 4.96. The number of nitrogens with one attached hydrogen (secondary N) is 3. The minimum absolute atomic E-state index is 0.521. The summed E-state index contributed by atoms with van der Waals surface area (Å²) in [6.07, 6.45) is 9.35. The van der Waals surface area contributed by atoms with Crippen molar-refractivity contribution < 1.29 is 9.47 Å². The molecule has 5 rings (SSSR count). The van der Waals surface area contributed by atoms with Gasteiger partial charge in [0.2, 0.25) is 11.8 Å². The lowest BCUT2D eigenvalue weighted by Gasteiger charge is -1.95. The fraction of sp³-hybridized carbons (Fsp3) is 0.125. The predicted molar refractivity (Wildman–Crippen MR) is 106 cm³/mol. The second-order valence-corrected chi connectivity index (χ2v) is 5.44. The van der Waals surface area contributed by atoms with Crippen LogP contribution in [0.3, 0.4) is 0 Å². The highest BCUT2D eigenvalue weighted by molar-refractivity contribution is 7.71. The number of hydrogen-bond acceptors (Lipinski definition) is 10. The monoisotopic (exact) mass is 412 g/mol. The van der Waals surface area contributed by atoms with Gasteiger partial charge in [-0.3, -0.25) is 0 Å². The smallest absolute Gasteiger partial charge is 0.242 e. The summed E-state index contributed by atoms with van der Waals surface area (Å²) < 4.78 is 10.5. The first-order valence-electron chi connectivity index (χ1n) is 8.08. The first-order valence-corrected chi connectivity index (χ1v) is 8.49. The normalized spacial score (nSPS) is 9.86. The summed E-state index contributed by atoms with van der Waals surface area (Å²) in [5.41, 5.74) is 2.71. The molecular formula is C16H16N10O2S. The number of aromatic amines is 3. The molecule has 0 amide bonds. The molecule has 29 heavy (non-hydrogen) atoms. The summed E-state index contributed by atoms with van der Waals surface area (Å²) >= 11 is 4.65. The van der Waals surface area contributed by atoms with E-state index in [1.807, 2.05) is 0 Å². The molecule has 0 bridgehead atoms. The van der Waals surface area contributed by atoms with E-state index in [4.69, 9.17) is 9.47 Å². The number of imidazole rings is 2. The summed E-state index contributed by atoms with van der Waals surface area (Å²) in [5.74, 6) is 1.04. The second kappa shape index (κ2) is 9.80. The number of rotatable bonds is 2. The van der Waals surface area contributed by atoms with Crippen molar-refractivity contribution in [2.24, 2.45) is 0 Å². The highest BCUT2D eigenvalue weighted by Gasteiger charge is 2.04. The van der Waals surface area contributed by atoms with Gasteiger partial charge in [0.1, 0.15) is 23.7 Å². The number of ether oxygens (including phenoxy) is 2. The van der Waals surface area contributed by atoms with E-state index in [0.29, 0.717) is 27.8 Å². The standard InChI is InChI=1S/2C6H6N4O.C4H4N2S/c2*1-11-6-4-5(8-2-7-4)9-3-10-6;7-4-5-2-1-3-6-4/h2*2-3H,1H3,(H,7,8,9,10);1-3H,(H,5,6,7). The molecular weight excluding hydrogens is 396 g/mol. The molecule has 0 aromatic carbocycles. The Bertz CT molecular complexity index is 1140. The Balaban J connectivity index is 0.000000128. The molecule has 0 aliphatic rings. The van der Waals surface area contributed by atoms with Gasteiger partial charge in [0, 0.05) is 12.4 Å². The Labute approximate surface area is 168 Å². The first-order chi connectivity index (χ1) is 14.2. The molecule has 0 aliphatic heterocycles. The molecule has 0 saturated heterocycles. The zero-order valence-electron chi connectivity index (χ0n) is 15.4. The van der Waals surface area contributed by atoms with E-state index in [1.165, 1.54) is 12.7 Å². The van der Waals surface area contributed by atoms with Crippen LogP contribution in [0.1, 0.15) is 0 Å². The van der Waals surface area contributed by atoms with Crippen molar-refractivity contribution in [3.05, 3.63) is 48.5 Å². The molecule has 0 fully saturated rings. The third kappa shape index (κ3) is 5.04. The van der Waals surface area contributed by atoms with Crippen molar-refractivity contribution in [2.45, 2.75) is 0 Å². The highest BCUT2D eigenvalue weighted by Crippen LogP contribution is 2.16. The van der Waals surface area contributed by atoms with Crippen LogP contribution in [0.2, 0.25) is 0 Å². The zero-order chi connectivity index (χ0) is 20.5. The number of fused-ring (bicyclic) bond motifs is 2. The summed E-state index contributed by atoms with van der Waals surface area (Å²) in [6.45, 7) is 0. The summed E-state index contributed by atoms with van der Waals surface area (Å²) in [7, 11) is 3.12. The predicted octanol–water partition coefficient (Wildman–Crippen LogP) is 1.86. The van der Waals surface area contributed by atoms with Gasteiger partial charge in [-0.2, -0.15) is 9.97 Å². The van der Waals surface area contributed by atoms with Crippen molar-refractivity contribution in [1.82, 2.24) is 49.8 Å². The lowest BCUT2D eigenvalue weighted by Crippen LogP contribution is -1.89. The summed E-state index contributed by atoms with van der Waals surface area (Å²) in [6, 6.07) is 1.79. The largest absolute Gasteiger partial charge is 0.479 e. The Hall–Kier alpha value is -4.00. The minimum Gasteiger partial charge on any atom is -0.479 e. The highest BCUT2D eigenvalue weighted by atomic mass is 32.1. The van der Waals surface area contributed by atoms with Crippen molar-refractivity contribution in [2.75, 3.05) is 14.2 Å². The van der Waals surface area contributed by atoms with Gasteiger partial charge in [-0.15, -0.1) is 0 Å². The van der Waals surface area contributed by atoms with E-state index < -0.39 is 0 Å². The zero-order valence-corrected chi connectivity index (χ0v) is 16.2. The van der Waals surface area contributed by atoms with E-state index in [0.717, 1.165) is 11.0 Å². The topological polar surface area (TPSA) is 156 Å². The summed E-state index contributed by atoms with van der Waals surface area (Å²) in [4.78, 5) is 35.7. The Kier molecular flexibility index (Phi) is 6.67. The average molecular weight is 412 g/mol. The van der Waals surface area contributed by atoms with Crippen molar-refractivity contribution >= 4 is 34.5 Å². The van der Waals surface area contributed by atoms with Crippen LogP contribution in [0.4, 0.5) is 0 Å². The third-order valence-corrected chi connectivity index (χ3v) is 3.57. The van der Waals surface area contributed by atoms with Crippen molar-refractivity contribution in [3.8, 4) is 11.8 Å². The molecule has 0 saturated carbocycles. The minimum atomic E-state index is 0.521. The van der Waals surface area contributed by atoms with Gasteiger partial charge in [-0.25, -0.2) is 24.9 Å². The molecule has 0 spiro atoms. The maximum atomic E-state index is 4.96. The van der Waals surface area contributed by atoms with Crippen LogP contribution in [0.15, 0.2) is 43.8 Å². The Morgan fingerprint density at radius 3 is 1.66 bits per heavy atom. The summed E-state index contributed by atoms with van der Waals surface area (Å²) in [5, 5.41) is 0. The number of hydrogen-bond donors (Lipinski definition) is 3. The molecule has 3 N–H and O–H groups in total. The number of methoxy groups -OCH3 is 2. The van der Waals surface area contributed by atoms with Crippen LogP contribution in [0.5, 0.6) is 11.8 Å². The van der Waals surface area contributed by atoms with Crippen LogP contribution in [-0.2, 0) is 0 Å². The van der Waals surface area contributed by atoms with E-state index in [-0.39, 0.29) is 0 Å². The van der Waals surface area contributed by atoms with Gasteiger partial charge in [-0.1, -0.05) is 0 Å². The molecule has 12 nitrogen and oxygen atoms in total. The molecule has 13 heteroatoms. The van der Waals surface area contributed by atoms with Gasteiger partial charge in [0.15, 0.2) is 16.1 Å². The fourth-order valence-electron chi connectivity index (χ4n) is 2.11. The molecule has 0 atom stereocenters. The van der Waals surface area contributed by atoms with Crippen molar-refractivity contribution in [1.29, 1.82) is 0 Å². The number of nitrogens with zero attached hydrogens (tertiary/aromatic N) is 7. The molecule has 5 aromatic rings. The third-order valence-electron chi connectivity index (χ3n) is 3.34. The van der Waals surface area contributed by atoms with Gasteiger partial charge < -0.3 is 24.4 Å². The van der Waals surface area contributed by atoms with Crippen LogP contribution >= 0.6 is 12.2 Å². The van der Waals surface area contributed by atoms with E-state index in [9.17, 15) is 0 Å². The lowest BCUT2D eigenvalue weighted by molar-refractivity contribution is 0.401. The van der Waals surface area contributed by atoms with Gasteiger partial charge >= 0.3 is 0 Å². The molecule has 0 aliphatic carbocycles. The first kappa shape index (κ1) is 19.8. The number of H-pyrrole nitrogens is 3. The number of aromatic nitrogens is 10. The fourth-order valence-corrected chi connectivity index (χ4v) is 2.23. The van der Waals surface area contributed by atoms with Gasteiger partial charge in [0.05, 0.1) is 26.9 Å². The van der Waals surface area contributed by atoms with Crippen LogP contribution in [0.25, 0.3) is 22.3 Å². The second-order valence-electron chi connectivity index (χ2n) is 5.05. The Morgan fingerprint density at radius 2 is 1.28 bits per heavy atom. The SMILES string of the molecule is COc1ncnc2nc[nH]c12.COc1ncnc2nc[nH]c12.S=c1nccc[nH]1. The van der Waals surface area contributed by atoms with E-state index in [2.05, 4.69) is 62.1 Å². The molecule has 5 aromatic heterocycles.